The van der Waals surface area contributed by atoms with Crippen LogP contribution in [-0.4, -0.2) is 27.1 Å². The van der Waals surface area contributed by atoms with Gasteiger partial charge in [0.15, 0.2) is 9.84 Å². The predicted octanol–water partition coefficient (Wildman–Crippen LogP) is 7.83. The Bertz CT molecular complexity index is 1480. The molecule has 0 fully saturated rings. The fraction of sp³-hybridized carbons (Fsp3) is 0.258. The summed E-state index contributed by atoms with van der Waals surface area (Å²) in [5.41, 5.74) is 2.12. The first-order valence-corrected chi connectivity index (χ1v) is 13.5. The molecule has 0 aliphatic rings. The summed E-state index contributed by atoms with van der Waals surface area (Å²) in [6.45, 7) is 5.71. The lowest BCUT2D eigenvalue weighted by atomic mass is 9.90. The van der Waals surface area contributed by atoms with Crippen molar-refractivity contribution in [2.24, 2.45) is 5.41 Å². The lowest BCUT2D eigenvalue weighted by Crippen LogP contribution is -2.21. The minimum atomic E-state index is -4.00. The number of carbonyl (C=O) groups is 1. The molecule has 7 heteroatoms. The number of methoxy groups -OCH3 is 1. The van der Waals surface area contributed by atoms with E-state index in [2.05, 4.69) is 0 Å². The van der Waals surface area contributed by atoms with Crippen molar-refractivity contribution in [3.63, 3.8) is 0 Å². The van der Waals surface area contributed by atoms with Crippen LogP contribution in [0.4, 0.5) is 0 Å². The number of hydrogen-bond acceptors (Lipinski definition) is 6. The molecule has 0 saturated carbocycles. The molecule has 0 bridgehead atoms. The van der Waals surface area contributed by atoms with Crippen molar-refractivity contribution in [2.75, 3.05) is 12.9 Å². The van der Waals surface area contributed by atoms with Crippen LogP contribution in [0.1, 0.15) is 34.6 Å². The molecule has 6 nitrogen and oxygen atoms in total. The molecule has 0 saturated heterocycles. The smallest absolute Gasteiger partial charge is 0.189 e. The van der Waals surface area contributed by atoms with Crippen molar-refractivity contribution in [2.45, 2.75) is 39.5 Å². The van der Waals surface area contributed by atoms with Gasteiger partial charge in [0, 0.05) is 12.0 Å². The molecule has 0 aliphatic carbocycles. The first kappa shape index (κ1) is 28.7. The molecule has 200 valence electrons. The van der Waals surface area contributed by atoms with Crippen LogP contribution in [0.15, 0.2) is 94.4 Å². The van der Waals surface area contributed by atoms with Crippen LogP contribution in [0.2, 0.25) is 0 Å². The molecule has 3 aromatic carbocycles. The van der Waals surface area contributed by atoms with Crippen LogP contribution in [-0.2, 0) is 14.6 Å². The molecule has 0 aliphatic heterocycles. The number of rotatable bonds is 9. The maximum absolute atomic E-state index is 13.5. The van der Waals surface area contributed by atoms with Crippen molar-refractivity contribution in [1.82, 2.24) is 0 Å². The molecule has 0 amide bonds. The van der Waals surface area contributed by atoms with E-state index in [1.165, 1.54) is 12.3 Å². The highest BCUT2D eigenvalue weighted by Gasteiger charge is 2.27. The number of Topliss-reactive ketones (excluding diaryl/α,β-unsaturated/α-hetero) is 1. The Balaban J connectivity index is 0.00000400. The fourth-order valence-corrected chi connectivity index (χ4v) is 5.42. The Morgan fingerprint density at radius 3 is 2.18 bits per heavy atom. The summed E-state index contributed by atoms with van der Waals surface area (Å²) in [4.78, 5) is 12.6. The number of carbonyl (C=O) groups excluding carboxylic acids is 1. The quantitative estimate of drug-likeness (QED) is 0.218. The van der Waals surface area contributed by atoms with Crippen molar-refractivity contribution in [1.29, 1.82) is 0 Å². The average molecular weight is 535 g/mol. The second-order valence-electron chi connectivity index (χ2n) is 10.0. The van der Waals surface area contributed by atoms with Gasteiger partial charge in [-0.1, -0.05) is 52.5 Å². The van der Waals surface area contributed by atoms with Gasteiger partial charge in [-0.25, -0.2) is 8.42 Å². The van der Waals surface area contributed by atoms with Gasteiger partial charge >= 0.3 is 0 Å². The van der Waals surface area contributed by atoms with Gasteiger partial charge in [0.25, 0.3) is 0 Å². The number of furan rings is 1. The van der Waals surface area contributed by atoms with E-state index in [1.54, 1.807) is 37.4 Å². The lowest BCUT2D eigenvalue weighted by Gasteiger charge is -2.17. The lowest BCUT2D eigenvalue weighted by molar-refractivity contribution is -0.118. The van der Waals surface area contributed by atoms with Crippen molar-refractivity contribution >= 4 is 15.6 Å². The van der Waals surface area contributed by atoms with Gasteiger partial charge in [-0.15, -0.1) is 0 Å². The van der Waals surface area contributed by atoms with Crippen LogP contribution in [0, 0.1) is 5.41 Å². The second-order valence-corrected chi connectivity index (χ2v) is 12.0. The van der Waals surface area contributed by atoms with E-state index in [0.717, 1.165) is 16.9 Å². The van der Waals surface area contributed by atoms with Gasteiger partial charge in [-0.05, 0) is 71.1 Å². The number of sulfone groups is 1. The SMILES string of the molecule is C.COc1ccc(-c2cccc(Oc3ccc(-c4ccco4)cc3S(=O)(=O)CC(=O)CC(C)(C)C)c2)cc1. The van der Waals surface area contributed by atoms with Crippen molar-refractivity contribution in [3.8, 4) is 39.7 Å². The molecule has 0 atom stereocenters. The number of hydrogen-bond donors (Lipinski definition) is 0. The summed E-state index contributed by atoms with van der Waals surface area (Å²) < 4.78 is 43.7. The standard InChI is InChI=1S/C30H30O6S.CH4/c1-30(2,3)19-24(31)20-37(32,33)29-18-23(27-9-6-16-35-27)12-15-28(29)36-26-8-5-7-22(17-26)21-10-13-25(34-4)14-11-21;/h5-18H,19-20H2,1-4H3;1H4. The van der Waals surface area contributed by atoms with Crippen LogP contribution in [0.3, 0.4) is 0 Å². The van der Waals surface area contributed by atoms with Gasteiger partial charge in [-0.3, -0.25) is 4.79 Å². The molecule has 0 spiro atoms. The molecular weight excluding hydrogens is 500 g/mol. The Hall–Kier alpha value is -3.84. The minimum absolute atomic E-state index is 0. The van der Waals surface area contributed by atoms with E-state index >= 15 is 0 Å². The minimum Gasteiger partial charge on any atom is -0.497 e. The molecule has 4 rings (SSSR count). The summed E-state index contributed by atoms with van der Waals surface area (Å²) in [5, 5.41) is 0. The predicted molar refractivity (Wildman–Crippen MR) is 151 cm³/mol. The van der Waals surface area contributed by atoms with Crippen LogP contribution < -0.4 is 9.47 Å². The molecule has 0 unspecified atom stereocenters. The third kappa shape index (κ3) is 7.13. The Kier molecular flexibility index (Phi) is 8.84. The summed E-state index contributed by atoms with van der Waals surface area (Å²) in [5.74, 6) is 0.938. The Labute approximate surface area is 225 Å². The summed E-state index contributed by atoms with van der Waals surface area (Å²) in [6.07, 6.45) is 1.68. The monoisotopic (exact) mass is 534 g/mol. The number of ether oxygens (including phenoxy) is 2. The van der Waals surface area contributed by atoms with Crippen molar-refractivity contribution in [3.05, 3.63) is 85.1 Å². The highest BCUT2D eigenvalue weighted by atomic mass is 32.2. The zero-order valence-electron chi connectivity index (χ0n) is 21.4. The molecule has 4 aromatic rings. The maximum Gasteiger partial charge on any atom is 0.189 e. The van der Waals surface area contributed by atoms with Crippen LogP contribution in [0.25, 0.3) is 22.5 Å². The zero-order valence-corrected chi connectivity index (χ0v) is 22.2. The third-order valence-electron chi connectivity index (χ3n) is 5.65. The Morgan fingerprint density at radius 2 is 1.55 bits per heavy atom. The van der Waals surface area contributed by atoms with Gasteiger partial charge in [-0.2, -0.15) is 0 Å². The molecule has 38 heavy (non-hydrogen) atoms. The Morgan fingerprint density at radius 1 is 0.842 bits per heavy atom. The van der Waals surface area contributed by atoms with E-state index in [9.17, 15) is 13.2 Å². The van der Waals surface area contributed by atoms with E-state index in [-0.39, 0.29) is 35.7 Å². The molecule has 0 N–H and O–H groups in total. The largest absolute Gasteiger partial charge is 0.497 e. The summed E-state index contributed by atoms with van der Waals surface area (Å²) >= 11 is 0. The highest BCUT2D eigenvalue weighted by Crippen LogP contribution is 2.36. The topological polar surface area (TPSA) is 82.8 Å². The average Bonchev–Trinajstić information content (AvgIpc) is 3.38. The van der Waals surface area contributed by atoms with Gasteiger partial charge in [0.2, 0.25) is 0 Å². The first-order valence-electron chi connectivity index (χ1n) is 11.9. The number of ketones is 1. The zero-order chi connectivity index (χ0) is 26.6. The second kappa shape index (κ2) is 11.7. The van der Waals surface area contributed by atoms with Gasteiger partial charge in [0.05, 0.1) is 13.4 Å². The molecule has 1 aromatic heterocycles. The van der Waals surface area contributed by atoms with Crippen LogP contribution >= 0.6 is 0 Å². The molecule has 1 heterocycles. The first-order chi connectivity index (χ1) is 17.5. The highest BCUT2D eigenvalue weighted by molar-refractivity contribution is 7.92. The molecular formula is C31H34O6S. The summed E-state index contributed by atoms with van der Waals surface area (Å²) in [6, 6.07) is 23.3. The maximum atomic E-state index is 13.5. The number of benzene rings is 3. The van der Waals surface area contributed by atoms with Gasteiger partial charge < -0.3 is 13.9 Å². The van der Waals surface area contributed by atoms with E-state index in [1.807, 2.05) is 63.2 Å². The van der Waals surface area contributed by atoms with Crippen LogP contribution in [0.5, 0.6) is 17.2 Å². The van der Waals surface area contributed by atoms with E-state index < -0.39 is 15.6 Å². The van der Waals surface area contributed by atoms with E-state index in [4.69, 9.17) is 13.9 Å². The fourth-order valence-electron chi connectivity index (χ4n) is 4.01. The van der Waals surface area contributed by atoms with E-state index in [0.29, 0.717) is 17.1 Å². The summed E-state index contributed by atoms with van der Waals surface area (Å²) in [7, 11) is -2.38. The third-order valence-corrected chi connectivity index (χ3v) is 7.34. The van der Waals surface area contributed by atoms with Crippen molar-refractivity contribution < 1.29 is 27.1 Å². The normalized spacial score (nSPS) is 11.5. The van der Waals surface area contributed by atoms with Gasteiger partial charge in [0.1, 0.15) is 39.4 Å². The molecule has 0 radical (unpaired) electrons.